The molecule has 16 heteroatoms. The van der Waals surface area contributed by atoms with Crippen molar-refractivity contribution in [3.63, 3.8) is 0 Å². The van der Waals surface area contributed by atoms with Crippen molar-refractivity contribution >= 4 is 28.7 Å². The third-order valence-corrected chi connectivity index (χ3v) is 10.9. The maximum absolute atomic E-state index is 15.3. The molecule has 2 aliphatic carbocycles. The lowest BCUT2D eigenvalue weighted by Crippen LogP contribution is -2.52. The van der Waals surface area contributed by atoms with Gasteiger partial charge in [0.2, 0.25) is 5.60 Å². The van der Waals surface area contributed by atoms with Gasteiger partial charge in [0, 0.05) is 16.7 Å². The highest BCUT2D eigenvalue weighted by Gasteiger charge is 2.58. The topological polar surface area (TPSA) is 139 Å². The molecule has 0 saturated heterocycles. The summed E-state index contributed by atoms with van der Waals surface area (Å²) in [6.45, 7) is 9.96. The van der Waals surface area contributed by atoms with E-state index in [9.17, 15) is 23.3 Å². The van der Waals surface area contributed by atoms with Crippen molar-refractivity contribution < 1.29 is 50.7 Å². The van der Waals surface area contributed by atoms with E-state index >= 15 is 13.2 Å². The van der Waals surface area contributed by atoms with E-state index in [0.717, 1.165) is 43.9 Å². The molecular weight excluding hydrogens is 745 g/mol. The van der Waals surface area contributed by atoms with E-state index in [1.807, 2.05) is 0 Å². The van der Waals surface area contributed by atoms with Crippen molar-refractivity contribution in [1.82, 2.24) is 15.0 Å². The number of hydrogen-bond donors (Lipinski definition) is 3. The van der Waals surface area contributed by atoms with Gasteiger partial charge in [-0.2, -0.15) is 13.2 Å². The largest absolute Gasteiger partial charge is 0.487 e. The fraction of sp³-hybridized carbons (Fsp3) is 0.513. The summed E-state index contributed by atoms with van der Waals surface area (Å²) < 4.78 is 93.1. The zero-order valence-corrected chi connectivity index (χ0v) is 32.5. The maximum atomic E-state index is 15.3. The zero-order valence-electron chi connectivity index (χ0n) is 31.7. The van der Waals surface area contributed by atoms with Gasteiger partial charge in [-0.1, -0.05) is 0 Å². The monoisotopic (exact) mass is 790 g/mol. The molecular formula is C39H46F4N4O7S. The Hall–Kier alpha value is -4.28. The van der Waals surface area contributed by atoms with Crippen LogP contribution in [0.15, 0.2) is 48.5 Å². The minimum Gasteiger partial charge on any atom is -0.487 e. The van der Waals surface area contributed by atoms with Crippen molar-refractivity contribution in [2.75, 3.05) is 18.0 Å². The zero-order chi connectivity index (χ0) is 40.3. The number of carbonyl (C=O) groups excluding carboxylic acids is 2. The molecule has 55 heavy (non-hydrogen) atoms. The third kappa shape index (κ3) is 8.91. The predicted molar refractivity (Wildman–Crippen MR) is 198 cm³/mol. The van der Waals surface area contributed by atoms with Gasteiger partial charge in [0.05, 0.1) is 63.6 Å². The molecule has 2 amide bonds. The molecule has 0 radical (unpaired) electrons. The number of fused-ring (bicyclic) bond motifs is 1. The van der Waals surface area contributed by atoms with Crippen molar-refractivity contribution in [3.8, 4) is 22.8 Å². The van der Waals surface area contributed by atoms with E-state index < -0.39 is 68.7 Å². The summed E-state index contributed by atoms with van der Waals surface area (Å²) in [7, 11) is -1.81. The summed E-state index contributed by atoms with van der Waals surface area (Å²) in [5.74, 6) is -0.839. The van der Waals surface area contributed by atoms with Crippen LogP contribution in [0.5, 0.6) is 11.5 Å². The van der Waals surface area contributed by atoms with Gasteiger partial charge in [-0.15, -0.1) is 0 Å². The van der Waals surface area contributed by atoms with Crippen LogP contribution in [0.25, 0.3) is 11.3 Å². The number of ether oxygens (including phenoxy) is 3. The smallest absolute Gasteiger partial charge is 0.424 e. The van der Waals surface area contributed by atoms with Gasteiger partial charge in [0.15, 0.2) is 11.5 Å². The number of carbonyl (C=O) groups is 2. The Balaban J connectivity index is 1.45. The number of nitrogens with zero attached hydrogens (tertiary/aromatic N) is 2. The molecule has 3 aliphatic rings. The Morgan fingerprint density at radius 2 is 1.55 bits per heavy atom. The number of hydrogen-bond acceptors (Lipinski definition) is 8. The Morgan fingerprint density at radius 1 is 0.945 bits per heavy atom. The Morgan fingerprint density at radius 3 is 2.09 bits per heavy atom. The van der Waals surface area contributed by atoms with Crippen LogP contribution >= 0.6 is 0 Å². The normalized spacial score (nSPS) is 20.3. The second-order valence-electron chi connectivity index (χ2n) is 16.5. The molecule has 1 aromatic heterocycles. The fourth-order valence-corrected chi connectivity index (χ4v) is 6.76. The van der Waals surface area contributed by atoms with Gasteiger partial charge in [0.25, 0.3) is 5.91 Å². The molecule has 2 heterocycles. The first-order chi connectivity index (χ1) is 25.5. The first-order valence-electron chi connectivity index (χ1n) is 18.0. The second-order valence-corrected chi connectivity index (χ2v) is 18.4. The van der Waals surface area contributed by atoms with Crippen molar-refractivity contribution in [2.24, 2.45) is 0 Å². The Labute approximate surface area is 319 Å². The standard InChI is InChI=1S/C39H46F4N4O7S/c1-35(2,3)54-34(49)47-21-37(7,46-55(51)36(4,5)6)27-19-30(45-31(32(27)47)22-8-11-24(40)12-9-22)38(50,39(41,42)43)20-44-33(48)23-10-17-28(52-25-13-14-25)29(18-23)53-26-15-16-26/h8-12,17-19,25-26,46,50H,13-16,20-21H2,1-7H3,(H,44,48)/t37-,38?,55?/m1/s1. The number of alkyl halides is 3. The van der Waals surface area contributed by atoms with E-state index in [2.05, 4.69) is 15.0 Å². The van der Waals surface area contributed by atoms with Gasteiger partial charge in [0.1, 0.15) is 11.4 Å². The van der Waals surface area contributed by atoms with Crippen molar-refractivity contribution in [3.05, 3.63) is 71.2 Å². The molecule has 2 fully saturated rings. The quantitative estimate of drug-likeness (QED) is 0.174. The van der Waals surface area contributed by atoms with Crippen LogP contribution in [0.1, 0.15) is 95.8 Å². The van der Waals surface area contributed by atoms with Crippen LogP contribution in [-0.2, 0) is 26.9 Å². The summed E-state index contributed by atoms with van der Waals surface area (Å²) in [4.78, 5) is 32.7. The van der Waals surface area contributed by atoms with Gasteiger partial charge in [-0.25, -0.2) is 23.1 Å². The predicted octanol–water partition coefficient (Wildman–Crippen LogP) is 7.17. The molecule has 11 nitrogen and oxygen atoms in total. The van der Waals surface area contributed by atoms with E-state index in [4.69, 9.17) is 14.2 Å². The van der Waals surface area contributed by atoms with E-state index in [1.165, 1.54) is 35.2 Å². The lowest BCUT2D eigenvalue weighted by atomic mass is 9.89. The minimum atomic E-state index is -5.41. The molecule has 3 N–H and O–H groups in total. The minimum absolute atomic E-state index is 0.00998. The maximum Gasteiger partial charge on any atom is 0.424 e. The Kier molecular flexibility index (Phi) is 10.5. The first-order valence-corrected chi connectivity index (χ1v) is 19.2. The SMILES string of the molecule is CC(C)(C)OC(=O)N1C[C@@](C)(NS(=O)C(C)(C)C)c2cc(C(O)(CNC(=O)c3ccc(OC4CC4)c(OC4CC4)c3)C(F)(F)F)nc(-c3ccc(F)cc3)c21. The second kappa shape index (κ2) is 14.3. The number of aliphatic hydroxyl groups is 1. The van der Waals surface area contributed by atoms with Gasteiger partial charge in [-0.3, -0.25) is 9.69 Å². The van der Waals surface area contributed by atoms with Crippen molar-refractivity contribution in [2.45, 2.75) is 114 Å². The first kappa shape index (κ1) is 40.4. The fourth-order valence-electron chi connectivity index (χ4n) is 5.87. The van der Waals surface area contributed by atoms with E-state index in [0.29, 0.717) is 11.5 Å². The van der Waals surface area contributed by atoms with Gasteiger partial charge >= 0.3 is 12.3 Å². The third-order valence-electron chi connectivity index (χ3n) is 9.18. The number of benzene rings is 2. The lowest BCUT2D eigenvalue weighted by molar-refractivity contribution is -0.265. The highest BCUT2D eigenvalue weighted by molar-refractivity contribution is 7.84. The number of anilines is 1. The van der Waals surface area contributed by atoms with E-state index in [-0.39, 0.29) is 46.8 Å². The molecule has 6 rings (SSSR count). The highest BCUT2D eigenvalue weighted by atomic mass is 32.2. The molecule has 2 unspecified atom stereocenters. The number of aromatic nitrogens is 1. The summed E-state index contributed by atoms with van der Waals surface area (Å²) >= 11 is 0. The van der Waals surface area contributed by atoms with Crippen LogP contribution in [0.3, 0.4) is 0 Å². The molecule has 298 valence electrons. The summed E-state index contributed by atoms with van der Waals surface area (Å²) in [6, 6.07) is 10.0. The van der Waals surface area contributed by atoms with Gasteiger partial charge < -0.3 is 24.6 Å². The molecule has 3 aromatic rings. The van der Waals surface area contributed by atoms with Crippen LogP contribution in [0, 0.1) is 5.82 Å². The molecule has 0 bridgehead atoms. The van der Waals surface area contributed by atoms with E-state index in [1.54, 1.807) is 48.5 Å². The average molecular weight is 791 g/mol. The summed E-state index contributed by atoms with van der Waals surface area (Å²) in [6.07, 6.45) is -2.90. The summed E-state index contributed by atoms with van der Waals surface area (Å²) in [5, 5.41) is 13.9. The highest BCUT2D eigenvalue weighted by Crippen LogP contribution is 2.49. The van der Waals surface area contributed by atoms with Crippen molar-refractivity contribution in [1.29, 1.82) is 0 Å². The molecule has 3 atom stereocenters. The molecule has 2 saturated carbocycles. The van der Waals surface area contributed by atoms with Crippen LogP contribution < -0.4 is 24.4 Å². The van der Waals surface area contributed by atoms with Crippen LogP contribution in [0.4, 0.5) is 28.0 Å². The van der Waals surface area contributed by atoms with Crippen LogP contribution in [-0.4, -0.2) is 68.1 Å². The molecule has 2 aromatic carbocycles. The number of nitrogens with one attached hydrogen (secondary N) is 2. The van der Waals surface area contributed by atoms with Gasteiger partial charge in [-0.05, 0) is 123 Å². The van der Waals surface area contributed by atoms with Crippen LogP contribution in [0.2, 0.25) is 0 Å². The lowest BCUT2D eigenvalue weighted by Gasteiger charge is -2.33. The average Bonchev–Trinajstić information content (AvgIpc) is 4.02. The summed E-state index contributed by atoms with van der Waals surface area (Å²) in [5.41, 5.74) is -7.28. The molecule has 0 spiro atoms. The number of amides is 2. The number of rotatable bonds is 11. The number of pyridine rings is 1. The molecule has 1 aliphatic heterocycles. The number of halogens is 4. The Bertz CT molecular complexity index is 1990.